The number of aromatic amines is 1. The molecule has 0 amide bonds. The number of hydrogen-bond donors (Lipinski definition) is 1. The fourth-order valence-corrected chi connectivity index (χ4v) is 3.16. The molecule has 0 aliphatic carbocycles. The van der Waals surface area contributed by atoms with Crippen molar-refractivity contribution < 1.29 is 4.39 Å². The molecule has 4 heteroatoms. The van der Waals surface area contributed by atoms with Crippen LogP contribution in [0.25, 0.3) is 0 Å². The second-order valence-corrected chi connectivity index (χ2v) is 5.99. The summed E-state index contributed by atoms with van der Waals surface area (Å²) >= 11 is 0. The predicted molar refractivity (Wildman–Crippen MR) is 81.3 cm³/mol. The van der Waals surface area contributed by atoms with E-state index >= 15 is 0 Å². The Morgan fingerprint density at radius 3 is 2.90 bits per heavy atom. The molecule has 3 nitrogen and oxygen atoms in total. The lowest BCUT2D eigenvalue weighted by atomic mass is 9.91. The van der Waals surface area contributed by atoms with Gasteiger partial charge in [-0.25, -0.2) is 9.37 Å². The van der Waals surface area contributed by atoms with Crippen molar-refractivity contribution in [1.29, 1.82) is 0 Å². The topological polar surface area (TPSA) is 31.9 Å². The zero-order valence-electron chi connectivity index (χ0n) is 12.3. The number of nitrogens with zero attached hydrogens (tertiary/aromatic N) is 2. The molecule has 1 unspecified atom stereocenters. The van der Waals surface area contributed by atoms with Gasteiger partial charge in [0.1, 0.15) is 5.82 Å². The lowest BCUT2D eigenvalue weighted by Crippen LogP contribution is -2.35. The molecule has 1 aromatic carbocycles. The highest BCUT2D eigenvalue weighted by Gasteiger charge is 2.20. The van der Waals surface area contributed by atoms with Crippen LogP contribution in [-0.4, -0.2) is 28.0 Å². The normalized spacial score (nSPS) is 19.8. The van der Waals surface area contributed by atoms with Crippen LogP contribution in [-0.2, 0) is 13.0 Å². The summed E-state index contributed by atoms with van der Waals surface area (Å²) < 4.78 is 12.9. The maximum atomic E-state index is 12.9. The van der Waals surface area contributed by atoms with Crippen LogP contribution in [0.2, 0.25) is 0 Å². The minimum atomic E-state index is -0.151. The highest BCUT2D eigenvalue weighted by Crippen LogP contribution is 2.22. The minimum absolute atomic E-state index is 0.151. The van der Waals surface area contributed by atoms with Crippen LogP contribution < -0.4 is 0 Å². The molecule has 21 heavy (non-hydrogen) atoms. The Morgan fingerprint density at radius 2 is 2.14 bits per heavy atom. The van der Waals surface area contributed by atoms with Gasteiger partial charge in [-0.05, 0) is 55.8 Å². The largest absolute Gasteiger partial charge is 0.347 e. The third-order valence-electron chi connectivity index (χ3n) is 4.31. The van der Waals surface area contributed by atoms with Gasteiger partial charge in [-0.15, -0.1) is 0 Å². The molecule has 112 valence electrons. The SMILES string of the molecule is Fc1ccc(CCC2CCCN(Cc3cnc[nH]3)C2)cc1. The van der Waals surface area contributed by atoms with Gasteiger partial charge in [-0.1, -0.05) is 12.1 Å². The number of halogens is 1. The maximum Gasteiger partial charge on any atom is 0.123 e. The molecule has 1 fully saturated rings. The Bertz CT molecular complexity index is 536. The smallest absolute Gasteiger partial charge is 0.123 e. The monoisotopic (exact) mass is 287 g/mol. The summed E-state index contributed by atoms with van der Waals surface area (Å²) in [5, 5.41) is 0. The lowest BCUT2D eigenvalue weighted by Gasteiger charge is -2.32. The maximum absolute atomic E-state index is 12.9. The number of aryl methyl sites for hydroxylation is 1. The number of nitrogens with one attached hydrogen (secondary N) is 1. The second-order valence-electron chi connectivity index (χ2n) is 5.99. The van der Waals surface area contributed by atoms with Crippen LogP contribution in [0.15, 0.2) is 36.8 Å². The van der Waals surface area contributed by atoms with Crippen molar-refractivity contribution in [3.63, 3.8) is 0 Å². The van der Waals surface area contributed by atoms with Crippen LogP contribution in [0, 0.1) is 11.7 Å². The number of likely N-dealkylation sites (tertiary alicyclic amines) is 1. The van der Waals surface area contributed by atoms with E-state index in [1.54, 1.807) is 18.5 Å². The molecule has 2 heterocycles. The van der Waals surface area contributed by atoms with E-state index < -0.39 is 0 Å². The standard InChI is InChI=1S/C17H22FN3/c18-16-7-5-14(6-8-16)3-4-15-2-1-9-21(11-15)12-17-10-19-13-20-17/h5-8,10,13,15H,1-4,9,11-12H2,(H,19,20). The van der Waals surface area contributed by atoms with Crippen LogP contribution >= 0.6 is 0 Å². The third kappa shape index (κ3) is 4.14. The Balaban J connectivity index is 1.48. The van der Waals surface area contributed by atoms with Crippen molar-refractivity contribution in [3.05, 3.63) is 53.9 Å². The fraction of sp³-hybridized carbons (Fsp3) is 0.471. The Morgan fingerprint density at radius 1 is 1.29 bits per heavy atom. The zero-order chi connectivity index (χ0) is 14.5. The first kappa shape index (κ1) is 14.3. The first-order valence-corrected chi connectivity index (χ1v) is 7.73. The number of imidazole rings is 1. The molecule has 1 saturated heterocycles. The summed E-state index contributed by atoms with van der Waals surface area (Å²) in [6, 6.07) is 6.92. The third-order valence-corrected chi connectivity index (χ3v) is 4.31. The van der Waals surface area contributed by atoms with E-state index in [9.17, 15) is 4.39 Å². The van der Waals surface area contributed by atoms with Crippen molar-refractivity contribution in [2.24, 2.45) is 5.92 Å². The number of rotatable bonds is 5. The van der Waals surface area contributed by atoms with Gasteiger partial charge in [-0.2, -0.15) is 0 Å². The van der Waals surface area contributed by atoms with Crippen molar-refractivity contribution >= 4 is 0 Å². The van der Waals surface area contributed by atoms with E-state index in [-0.39, 0.29) is 5.82 Å². The lowest BCUT2D eigenvalue weighted by molar-refractivity contribution is 0.160. The molecule has 0 radical (unpaired) electrons. The van der Waals surface area contributed by atoms with Crippen LogP contribution in [0.3, 0.4) is 0 Å². The van der Waals surface area contributed by atoms with E-state index in [4.69, 9.17) is 0 Å². The predicted octanol–water partition coefficient (Wildman–Crippen LogP) is 3.39. The van der Waals surface area contributed by atoms with Crippen LogP contribution in [0.1, 0.15) is 30.5 Å². The van der Waals surface area contributed by atoms with Gasteiger partial charge in [0.05, 0.1) is 6.33 Å². The summed E-state index contributed by atoms with van der Waals surface area (Å²) in [6.45, 7) is 3.29. The minimum Gasteiger partial charge on any atom is -0.347 e. The van der Waals surface area contributed by atoms with Crippen LogP contribution in [0.4, 0.5) is 4.39 Å². The molecular weight excluding hydrogens is 265 g/mol. The number of aromatic nitrogens is 2. The molecular formula is C17H22FN3. The Labute approximate surface area is 125 Å². The van der Waals surface area contributed by atoms with Gasteiger partial charge in [0.15, 0.2) is 0 Å². The molecule has 1 aromatic heterocycles. The Hall–Kier alpha value is -1.68. The van der Waals surface area contributed by atoms with E-state index in [2.05, 4.69) is 14.9 Å². The van der Waals surface area contributed by atoms with Crippen molar-refractivity contribution in [2.45, 2.75) is 32.2 Å². The summed E-state index contributed by atoms with van der Waals surface area (Å²) in [7, 11) is 0. The van der Waals surface area contributed by atoms with E-state index in [1.807, 2.05) is 18.3 Å². The van der Waals surface area contributed by atoms with E-state index in [0.29, 0.717) is 0 Å². The number of benzene rings is 1. The summed E-state index contributed by atoms with van der Waals surface area (Å²) in [4.78, 5) is 9.76. The molecule has 0 bridgehead atoms. The first-order valence-electron chi connectivity index (χ1n) is 7.73. The second kappa shape index (κ2) is 6.85. The van der Waals surface area contributed by atoms with Gasteiger partial charge < -0.3 is 4.98 Å². The van der Waals surface area contributed by atoms with Crippen molar-refractivity contribution in [1.82, 2.24) is 14.9 Å². The van der Waals surface area contributed by atoms with Gasteiger partial charge in [0.2, 0.25) is 0 Å². The van der Waals surface area contributed by atoms with Gasteiger partial charge >= 0.3 is 0 Å². The van der Waals surface area contributed by atoms with Gasteiger partial charge in [0, 0.05) is 25.0 Å². The molecule has 3 rings (SSSR count). The molecule has 1 aliphatic heterocycles. The average Bonchev–Trinajstić information content (AvgIpc) is 3.00. The average molecular weight is 287 g/mol. The summed E-state index contributed by atoms with van der Waals surface area (Å²) in [5.41, 5.74) is 2.43. The van der Waals surface area contributed by atoms with Gasteiger partial charge in [0.25, 0.3) is 0 Å². The summed E-state index contributed by atoms with van der Waals surface area (Å²) in [5.74, 6) is 0.592. The van der Waals surface area contributed by atoms with Crippen molar-refractivity contribution in [2.75, 3.05) is 13.1 Å². The van der Waals surface area contributed by atoms with Crippen LogP contribution in [0.5, 0.6) is 0 Å². The molecule has 1 N–H and O–H groups in total. The highest BCUT2D eigenvalue weighted by atomic mass is 19.1. The molecule has 0 spiro atoms. The number of hydrogen-bond acceptors (Lipinski definition) is 2. The van der Waals surface area contributed by atoms with Gasteiger partial charge in [-0.3, -0.25) is 4.90 Å². The molecule has 0 saturated carbocycles. The van der Waals surface area contributed by atoms with E-state index in [0.717, 1.165) is 25.4 Å². The number of H-pyrrole nitrogens is 1. The Kier molecular flexibility index (Phi) is 4.65. The van der Waals surface area contributed by atoms with E-state index in [1.165, 1.54) is 37.1 Å². The molecule has 1 aliphatic rings. The number of piperidine rings is 1. The highest BCUT2D eigenvalue weighted by molar-refractivity contribution is 5.16. The zero-order valence-corrected chi connectivity index (χ0v) is 12.3. The molecule has 1 atom stereocenters. The van der Waals surface area contributed by atoms with Crippen molar-refractivity contribution in [3.8, 4) is 0 Å². The molecule has 2 aromatic rings. The fourth-order valence-electron chi connectivity index (χ4n) is 3.16. The quantitative estimate of drug-likeness (QED) is 0.914. The summed E-state index contributed by atoms with van der Waals surface area (Å²) in [6.07, 6.45) is 8.45. The first-order chi connectivity index (χ1) is 10.3.